The van der Waals surface area contributed by atoms with Crippen LogP contribution in [0.5, 0.6) is 0 Å². The molecule has 0 bridgehead atoms. The quantitative estimate of drug-likeness (QED) is 0.173. The van der Waals surface area contributed by atoms with Crippen LogP contribution in [0.15, 0.2) is 235 Å². The van der Waals surface area contributed by atoms with Gasteiger partial charge in [-0.15, -0.1) is 0 Å². The Morgan fingerprint density at radius 1 is 0.375 bits per heavy atom. The topological polar surface area (TPSA) is 21.3 Å². The molecule has 0 radical (unpaired) electrons. The van der Waals surface area contributed by atoms with Gasteiger partial charge >= 0.3 is 0 Å². The highest BCUT2D eigenvalue weighted by molar-refractivity contribution is 6.17. The molecule has 298 valence electrons. The highest BCUT2D eigenvalue weighted by Crippen LogP contribution is 2.63. The summed E-state index contributed by atoms with van der Waals surface area (Å²) in [4.78, 5) is 2.47. The van der Waals surface area contributed by atoms with Gasteiger partial charge in [0.05, 0.1) is 27.5 Å². The van der Waals surface area contributed by atoms with Crippen molar-refractivity contribution in [3.8, 4) is 39.1 Å². The van der Waals surface area contributed by atoms with E-state index < -0.39 is 5.41 Å². The van der Waals surface area contributed by atoms with Gasteiger partial charge in [-0.05, 0) is 111 Å². The Bertz CT molecular complexity index is 3750. The number of fused-ring (bicyclic) bond motifs is 16. The van der Waals surface area contributed by atoms with Gasteiger partial charge in [0.2, 0.25) is 0 Å². The highest BCUT2D eigenvalue weighted by atomic mass is 16.3. The maximum Gasteiger partial charge on any atom is 0.145 e. The number of aromatic nitrogens is 1. The van der Waals surface area contributed by atoms with Gasteiger partial charge in [0.1, 0.15) is 11.2 Å². The molecule has 0 atom stereocenters. The minimum Gasteiger partial charge on any atom is -0.455 e. The van der Waals surface area contributed by atoms with Crippen LogP contribution in [0.1, 0.15) is 22.3 Å². The third-order valence-corrected chi connectivity index (χ3v) is 14.0. The standard InChI is InChI=1S/C61H38N2O/c1-2-17-39(18-3-1)43-35-36-57(59-50-26-9-15-32-58(50)64-60(43)59)62(40-19-16-20-41(37-40)63-55-30-13-7-24-48(55)49-25-8-14-31-56(49)63)42-33-34-47-46-23-6-12-29-53(46)61(54(47)38-42)51-27-10-4-21-44(51)45-22-5-11-28-52(45)61/h1-38H. The summed E-state index contributed by atoms with van der Waals surface area (Å²) >= 11 is 0. The Balaban J connectivity index is 1.08. The molecule has 12 aromatic rings. The second kappa shape index (κ2) is 13.3. The Labute approximate surface area is 370 Å². The number of anilines is 3. The van der Waals surface area contributed by atoms with Crippen LogP contribution in [0.4, 0.5) is 17.1 Å². The van der Waals surface area contributed by atoms with Crippen LogP contribution < -0.4 is 4.90 Å². The van der Waals surface area contributed by atoms with E-state index in [0.717, 1.165) is 55.8 Å². The number of furan rings is 1. The molecular weight excluding hydrogens is 777 g/mol. The van der Waals surface area contributed by atoms with Crippen molar-refractivity contribution in [2.45, 2.75) is 5.41 Å². The van der Waals surface area contributed by atoms with Crippen LogP contribution in [0, 0.1) is 0 Å². The van der Waals surface area contributed by atoms with Crippen molar-refractivity contribution >= 4 is 60.8 Å². The zero-order valence-electron chi connectivity index (χ0n) is 34.7. The first kappa shape index (κ1) is 35.2. The molecule has 2 aromatic heterocycles. The van der Waals surface area contributed by atoms with Crippen molar-refractivity contribution in [1.82, 2.24) is 4.57 Å². The SMILES string of the molecule is c1ccc(-c2ccc(N(c3cccc(-n4c5ccccc5c5ccccc54)c3)c3ccc4c(c3)C3(c5ccccc5-c5ccccc53)c3ccccc3-4)c3c2oc2ccccc23)cc1. The predicted molar refractivity (Wildman–Crippen MR) is 264 cm³/mol. The molecule has 0 unspecified atom stereocenters. The number of para-hydroxylation sites is 3. The van der Waals surface area contributed by atoms with Crippen molar-refractivity contribution in [3.63, 3.8) is 0 Å². The molecule has 0 aliphatic heterocycles. The van der Waals surface area contributed by atoms with Gasteiger partial charge in [0.25, 0.3) is 0 Å². The Hall–Kier alpha value is -8.40. The lowest BCUT2D eigenvalue weighted by Crippen LogP contribution is -2.26. The molecule has 0 saturated carbocycles. The van der Waals surface area contributed by atoms with Crippen molar-refractivity contribution in [2.24, 2.45) is 0 Å². The van der Waals surface area contributed by atoms with E-state index in [1.54, 1.807) is 0 Å². The molecule has 2 aliphatic rings. The van der Waals surface area contributed by atoms with Crippen molar-refractivity contribution in [2.75, 3.05) is 4.90 Å². The normalized spacial score (nSPS) is 13.1. The fraction of sp³-hybridized carbons (Fsp3) is 0.0164. The Morgan fingerprint density at radius 2 is 0.906 bits per heavy atom. The number of benzene rings is 10. The summed E-state index contributed by atoms with van der Waals surface area (Å²) in [7, 11) is 0. The van der Waals surface area contributed by atoms with Gasteiger partial charge in [-0.2, -0.15) is 0 Å². The maximum atomic E-state index is 6.92. The van der Waals surface area contributed by atoms with E-state index in [4.69, 9.17) is 4.42 Å². The lowest BCUT2D eigenvalue weighted by molar-refractivity contribution is 0.670. The summed E-state index contributed by atoms with van der Waals surface area (Å²) < 4.78 is 9.33. The van der Waals surface area contributed by atoms with Gasteiger partial charge in [-0.3, -0.25) is 0 Å². The van der Waals surface area contributed by atoms with E-state index >= 15 is 0 Å². The summed E-state index contributed by atoms with van der Waals surface area (Å²) in [5.41, 5.74) is 20.5. The molecule has 3 nitrogen and oxygen atoms in total. The Morgan fingerprint density at radius 3 is 1.58 bits per heavy atom. The lowest BCUT2D eigenvalue weighted by Gasteiger charge is -2.32. The van der Waals surface area contributed by atoms with Gasteiger partial charge in [0, 0.05) is 38.8 Å². The molecule has 2 heterocycles. The average molecular weight is 815 g/mol. The second-order valence-electron chi connectivity index (χ2n) is 17.1. The third kappa shape index (κ3) is 4.70. The maximum absolute atomic E-state index is 6.92. The van der Waals surface area contributed by atoms with E-state index in [-0.39, 0.29) is 0 Å². The summed E-state index contributed by atoms with van der Waals surface area (Å²) in [5, 5.41) is 4.64. The molecule has 14 rings (SSSR count). The summed E-state index contributed by atoms with van der Waals surface area (Å²) in [6, 6.07) is 84.5. The minimum atomic E-state index is -0.486. The van der Waals surface area contributed by atoms with Crippen LogP contribution in [0.3, 0.4) is 0 Å². The van der Waals surface area contributed by atoms with E-state index in [0.29, 0.717) is 0 Å². The average Bonchev–Trinajstić information content (AvgIpc) is 4.09. The number of hydrogen-bond acceptors (Lipinski definition) is 2. The smallest absolute Gasteiger partial charge is 0.145 e. The molecule has 1 spiro atoms. The highest BCUT2D eigenvalue weighted by Gasteiger charge is 2.51. The molecule has 3 heteroatoms. The lowest BCUT2D eigenvalue weighted by atomic mass is 9.70. The van der Waals surface area contributed by atoms with Crippen LogP contribution >= 0.6 is 0 Å². The summed E-state index contributed by atoms with van der Waals surface area (Å²) in [5.74, 6) is 0. The van der Waals surface area contributed by atoms with Crippen molar-refractivity contribution in [3.05, 3.63) is 253 Å². The largest absolute Gasteiger partial charge is 0.455 e. The van der Waals surface area contributed by atoms with Crippen LogP contribution in [-0.4, -0.2) is 4.57 Å². The molecule has 10 aromatic carbocycles. The van der Waals surface area contributed by atoms with E-state index in [1.807, 2.05) is 0 Å². The third-order valence-electron chi connectivity index (χ3n) is 14.0. The monoisotopic (exact) mass is 814 g/mol. The molecule has 2 aliphatic carbocycles. The molecule has 0 fully saturated rings. The summed E-state index contributed by atoms with van der Waals surface area (Å²) in [6.07, 6.45) is 0. The summed E-state index contributed by atoms with van der Waals surface area (Å²) in [6.45, 7) is 0. The first-order chi connectivity index (χ1) is 31.8. The number of nitrogens with zero attached hydrogens (tertiary/aromatic N) is 2. The van der Waals surface area contributed by atoms with Crippen LogP contribution in [0.25, 0.3) is 82.8 Å². The fourth-order valence-corrected chi connectivity index (χ4v) is 11.5. The van der Waals surface area contributed by atoms with Crippen molar-refractivity contribution in [1.29, 1.82) is 0 Å². The predicted octanol–water partition coefficient (Wildman–Crippen LogP) is 16.2. The van der Waals surface area contributed by atoms with Crippen LogP contribution in [0.2, 0.25) is 0 Å². The minimum absolute atomic E-state index is 0.486. The van der Waals surface area contributed by atoms with E-state index in [1.165, 1.54) is 66.3 Å². The second-order valence-corrected chi connectivity index (χ2v) is 17.1. The van der Waals surface area contributed by atoms with Crippen LogP contribution in [-0.2, 0) is 5.41 Å². The zero-order valence-corrected chi connectivity index (χ0v) is 34.7. The van der Waals surface area contributed by atoms with Gasteiger partial charge in [-0.1, -0.05) is 170 Å². The fourth-order valence-electron chi connectivity index (χ4n) is 11.5. The van der Waals surface area contributed by atoms with E-state index in [9.17, 15) is 0 Å². The number of hydrogen-bond donors (Lipinski definition) is 0. The van der Waals surface area contributed by atoms with Gasteiger partial charge in [-0.25, -0.2) is 0 Å². The van der Waals surface area contributed by atoms with E-state index in [2.05, 4.69) is 240 Å². The molecule has 0 saturated heterocycles. The van der Waals surface area contributed by atoms with Gasteiger partial charge in [0.15, 0.2) is 0 Å². The van der Waals surface area contributed by atoms with Crippen molar-refractivity contribution < 1.29 is 4.42 Å². The molecule has 0 N–H and O–H groups in total. The zero-order chi connectivity index (χ0) is 41.9. The number of rotatable bonds is 5. The first-order valence-corrected chi connectivity index (χ1v) is 22.1. The molecular formula is C61H38N2O. The molecule has 0 amide bonds. The first-order valence-electron chi connectivity index (χ1n) is 22.1. The van der Waals surface area contributed by atoms with Gasteiger partial charge < -0.3 is 13.9 Å². The molecule has 64 heavy (non-hydrogen) atoms. The Kier molecular flexibility index (Phi) is 7.32.